The smallest absolute Gasteiger partial charge is 0.256 e. The fraction of sp³-hybridized carbons (Fsp3) is 0.615. The first kappa shape index (κ1) is 14.4. The Bertz CT molecular complexity index is 491. The van der Waals surface area contributed by atoms with Gasteiger partial charge in [-0.25, -0.2) is 0 Å². The molecule has 0 aliphatic carbocycles. The Balaban J connectivity index is 1.76. The van der Waals surface area contributed by atoms with E-state index in [0.717, 1.165) is 25.9 Å². The molecule has 1 saturated heterocycles. The first-order chi connectivity index (χ1) is 9.59. The van der Waals surface area contributed by atoms with Gasteiger partial charge in [-0.05, 0) is 19.3 Å². The Morgan fingerprint density at radius 1 is 1.35 bits per heavy atom. The van der Waals surface area contributed by atoms with Gasteiger partial charge in [0.25, 0.3) is 5.91 Å². The highest BCUT2D eigenvalue weighted by Gasteiger charge is 2.17. The van der Waals surface area contributed by atoms with E-state index in [0.29, 0.717) is 24.3 Å². The topological polar surface area (TPSA) is 93.2 Å². The number of anilines is 1. The Kier molecular flexibility index (Phi) is 4.60. The summed E-state index contributed by atoms with van der Waals surface area (Å²) in [5, 5.41) is 6.61. The van der Waals surface area contributed by atoms with Crippen LogP contribution in [0.5, 0.6) is 0 Å². The maximum atomic E-state index is 11.9. The fourth-order valence-corrected chi connectivity index (χ4v) is 2.30. The molecule has 0 radical (unpaired) electrons. The van der Waals surface area contributed by atoms with E-state index in [1.165, 1.54) is 17.3 Å². The molecule has 110 valence electrons. The van der Waals surface area contributed by atoms with Crippen molar-refractivity contribution < 1.29 is 9.59 Å². The average molecular weight is 279 g/mol. The number of rotatable bonds is 4. The van der Waals surface area contributed by atoms with Gasteiger partial charge in [-0.2, -0.15) is 5.10 Å². The van der Waals surface area contributed by atoms with E-state index in [2.05, 4.69) is 10.4 Å². The molecule has 0 unspecified atom stereocenters. The van der Waals surface area contributed by atoms with Gasteiger partial charge in [0, 0.05) is 33.1 Å². The predicted octanol–water partition coefficient (Wildman–Crippen LogP) is 0.135. The van der Waals surface area contributed by atoms with Crippen molar-refractivity contribution in [3.05, 3.63) is 11.8 Å². The summed E-state index contributed by atoms with van der Waals surface area (Å²) in [6.45, 7) is 1.99. The zero-order valence-electron chi connectivity index (χ0n) is 11.8. The zero-order valence-corrected chi connectivity index (χ0v) is 11.8. The van der Waals surface area contributed by atoms with E-state index in [1.54, 1.807) is 7.05 Å². The molecule has 2 amide bonds. The van der Waals surface area contributed by atoms with Crippen LogP contribution in [0.3, 0.4) is 0 Å². The summed E-state index contributed by atoms with van der Waals surface area (Å²) in [6.07, 6.45) is 5.10. The summed E-state index contributed by atoms with van der Waals surface area (Å²) in [7, 11) is 1.67. The summed E-state index contributed by atoms with van der Waals surface area (Å²) in [5.41, 5.74) is 6.06. The SMILES string of the molecule is Cn1ncc(C(=O)NCCC(=O)N2CCCCC2)c1N. The Morgan fingerprint density at radius 2 is 2.05 bits per heavy atom. The number of aromatic nitrogens is 2. The third kappa shape index (κ3) is 3.28. The van der Waals surface area contributed by atoms with Crippen molar-refractivity contribution in [2.75, 3.05) is 25.4 Å². The standard InChI is InChI=1S/C13H21N5O2/c1-17-12(14)10(9-16-17)13(20)15-6-5-11(19)18-7-3-2-4-8-18/h9H,2-8,14H2,1H3,(H,15,20). The maximum Gasteiger partial charge on any atom is 0.256 e. The highest BCUT2D eigenvalue weighted by Crippen LogP contribution is 2.10. The number of piperidine rings is 1. The summed E-state index contributed by atoms with van der Waals surface area (Å²) in [5.74, 6) is 0.135. The number of amides is 2. The van der Waals surface area contributed by atoms with Gasteiger partial charge in [-0.15, -0.1) is 0 Å². The van der Waals surface area contributed by atoms with Crippen LogP contribution in [0, 0.1) is 0 Å². The highest BCUT2D eigenvalue weighted by atomic mass is 16.2. The van der Waals surface area contributed by atoms with E-state index in [9.17, 15) is 9.59 Å². The van der Waals surface area contributed by atoms with E-state index >= 15 is 0 Å². The second kappa shape index (κ2) is 6.40. The van der Waals surface area contributed by atoms with Crippen LogP contribution in [0.4, 0.5) is 5.82 Å². The minimum Gasteiger partial charge on any atom is -0.383 e. The predicted molar refractivity (Wildman–Crippen MR) is 75.0 cm³/mol. The number of carbonyl (C=O) groups is 2. The van der Waals surface area contributed by atoms with E-state index in [4.69, 9.17) is 5.73 Å². The van der Waals surface area contributed by atoms with E-state index in [1.807, 2.05) is 4.90 Å². The molecule has 2 rings (SSSR count). The van der Waals surface area contributed by atoms with Crippen LogP contribution in [0.15, 0.2) is 6.20 Å². The molecule has 0 saturated carbocycles. The zero-order chi connectivity index (χ0) is 14.5. The Labute approximate surface area is 118 Å². The summed E-state index contributed by atoms with van der Waals surface area (Å²) >= 11 is 0. The monoisotopic (exact) mass is 279 g/mol. The molecular weight excluding hydrogens is 258 g/mol. The molecule has 1 fully saturated rings. The molecule has 0 bridgehead atoms. The number of nitrogens with two attached hydrogens (primary N) is 1. The molecule has 20 heavy (non-hydrogen) atoms. The van der Waals surface area contributed by atoms with Crippen LogP contribution >= 0.6 is 0 Å². The minimum atomic E-state index is -0.290. The number of nitrogen functional groups attached to an aromatic ring is 1. The average Bonchev–Trinajstić information content (AvgIpc) is 2.80. The van der Waals surface area contributed by atoms with Gasteiger partial charge in [0.05, 0.1) is 6.20 Å². The number of hydrogen-bond donors (Lipinski definition) is 2. The molecule has 1 aliphatic heterocycles. The maximum absolute atomic E-state index is 11.9. The van der Waals surface area contributed by atoms with Crippen LogP contribution < -0.4 is 11.1 Å². The van der Waals surface area contributed by atoms with Gasteiger partial charge in [-0.1, -0.05) is 0 Å². The molecule has 7 heteroatoms. The molecule has 3 N–H and O–H groups in total. The Morgan fingerprint density at radius 3 is 2.65 bits per heavy atom. The lowest BCUT2D eigenvalue weighted by Gasteiger charge is -2.26. The molecule has 1 aromatic heterocycles. The normalized spacial score (nSPS) is 15.2. The van der Waals surface area contributed by atoms with E-state index < -0.39 is 0 Å². The molecular formula is C13H21N5O2. The second-order valence-corrected chi connectivity index (χ2v) is 5.01. The number of aryl methyl sites for hydroxylation is 1. The van der Waals surface area contributed by atoms with Crippen molar-refractivity contribution in [1.29, 1.82) is 0 Å². The van der Waals surface area contributed by atoms with Gasteiger partial charge >= 0.3 is 0 Å². The lowest BCUT2D eigenvalue weighted by Crippen LogP contribution is -2.37. The molecule has 1 aromatic rings. The number of nitrogens with one attached hydrogen (secondary N) is 1. The quantitative estimate of drug-likeness (QED) is 0.819. The van der Waals surface area contributed by atoms with Gasteiger partial charge in [-0.3, -0.25) is 14.3 Å². The van der Waals surface area contributed by atoms with Crippen LogP contribution in [-0.2, 0) is 11.8 Å². The highest BCUT2D eigenvalue weighted by molar-refractivity contribution is 5.98. The second-order valence-electron chi connectivity index (χ2n) is 5.01. The van der Waals surface area contributed by atoms with Gasteiger partial charge in [0.2, 0.25) is 5.91 Å². The number of hydrogen-bond acceptors (Lipinski definition) is 4. The lowest BCUT2D eigenvalue weighted by atomic mass is 10.1. The number of carbonyl (C=O) groups excluding carboxylic acids is 2. The van der Waals surface area contributed by atoms with E-state index in [-0.39, 0.29) is 11.8 Å². The summed E-state index contributed by atoms with van der Waals surface area (Å²) in [6, 6.07) is 0. The lowest BCUT2D eigenvalue weighted by molar-refractivity contribution is -0.131. The van der Waals surface area contributed by atoms with Crippen LogP contribution in [0.2, 0.25) is 0 Å². The molecule has 0 atom stereocenters. The molecule has 1 aliphatic rings. The molecule has 0 spiro atoms. The fourth-order valence-electron chi connectivity index (χ4n) is 2.30. The van der Waals surface area contributed by atoms with Crippen molar-refractivity contribution >= 4 is 17.6 Å². The molecule has 0 aromatic carbocycles. The first-order valence-electron chi connectivity index (χ1n) is 6.93. The molecule has 7 nitrogen and oxygen atoms in total. The first-order valence-corrected chi connectivity index (χ1v) is 6.93. The third-order valence-electron chi connectivity index (χ3n) is 3.56. The van der Waals surface area contributed by atoms with Crippen LogP contribution in [-0.4, -0.2) is 46.1 Å². The largest absolute Gasteiger partial charge is 0.383 e. The minimum absolute atomic E-state index is 0.101. The third-order valence-corrected chi connectivity index (χ3v) is 3.56. The van der Waals surface area contributed by atoms with Crippen molar-refractivity contribution in [2.45, 2.75) is 25.7 Å². The van der Waals surface area contributed by atoms with Crippen molar-refractivity contribution in [1.82, 2.24) is 20.0 Å². The number of nitrogens with zero attached hydrogens (tertiary/aromatic N) is 3. The summed E-state index contributed by atoms with van der Waals surface area (Å²) < 4.78 is 1.44. The van der Waals surface area contributed by atoms with Crippen molar-refractivity contribution in [3.8, 4) is 0 Å². The van der Waals surface area contributed by atoms with Crippen LogP contribution in [0.1, 0.15) is 36.0 Å². The van der Waals surface area contributed by atoms with Gasteiger partial charge in [0.1, 0.15) is 11.4 Å². The van der Waals surface area contributed by atoms with Gasteiger partial charge < -0.3 is 16.0 Å². The molecule has 2 heterocycles. The van der Waals surface area contributed by atoms with Gasteiger partial charge in [0.15, 0.2) is 0 Å². The summed E-state index contributed by atoms with van der Waals surface area (Å²) in [4.78, 5) is 25.7. The van der Waals surface area contributed by atoms with Crippen molar-refractivity contribution in [2.24, 2.45) is 7.05 Å². The number of likely N-dealkylation sites (tertiary alicyclic amines) is 1. The van der Waals surface area contributed by atoms with Crippen LogP contribution in [0.25, 0.3) is 0 Å². The Hall–Kier alpha value is -2.05. The van der Waals surface area contributed by atoms with Crippen molar-refractivity contribution in [3.63, 3.8) is 0 Å².